The van der Waals surface area contributed by atoms with Crippen molar-refractivity contribution in [3.05, 3.63) is 89.3 Å². The summed E-state index contributed by atoms with van der Waals surface area (Å²) in [5.74, 6) is 2.60. The Bertz CT molecular complexity index is 1540. The number of rotatable bonds is 7. The van der Waals surface area contributed by atoms with Crippen LogP contribution in [-0.2, 0) is 11.3 Å². The van der Waals surface area contributed by atoms with Gasteiger partial charge in [0.05, 0.1) is 35.0 Å². The molecule has 1 aliphatic rings. The Hall–Kier alpha value is -4.05. The van der Waals surface area contributed by atoms with E-state index in [1.54, 1.807) is 0 Å². The van der Waals surface area contributed by atoms with Crippen LogP contribution < -0.4 is 10.6 Å². The molecule has 9 nitrogen and oxygen atoms in total. The molecule has 0 radical (unpaired) electrons. The van der Waals surface area contributed by atoms with Crippen LogP contribution in [0.3, 0.4) is 0 Å². The van der Waals surface area contributed by atoms with Crippen LogP contribution in [0.1, 0.15) is 11.1 Å². The number of halogens is 1. The SMILES string of the molecule is Cc1cccc(Cl)c1Nc1nc2ccccc2n1-c1cc(Nc2ccc(CN3CCOCC3)cn2)ncn1. The van der Waals surface area contributed by atoms with Crippen molar-refractivity contribution in [3.8, 4) is 5.82 Å². The van der Waals surface area contributed by atoms with Crippen molar-refractivity contribution in [2.24, 2.45) is 0 Å². The van der Waals surface area contributed by atoms with E-state index in [2.05, 4.69) is 36.6 Å². The van der Waals surface area contributed by atoms with Crippen molar-refractivity contribution >= 4 is 45.9 Å². The number of nitrogens with zero attached hydrogens (tertiary/aromatic N) is 6. The Morgan fingerprint density at radius 3 is 2.61 bits per heavy atom. The molecule has 0 aliphatic carbocycles. The van der Waals surface area contributed by atoms with Gasteiger partial charge in [0.15, 0.2) is 0 Å². The molecule has 1 aliphatic heterocycles. The van der Waals surface area contributed by atoms with Gasteiger partial charge in [-0.25, -0.2) is 19.9 Å². The molecule has 0 bridgehead atoms. The fraction of sp³-hybridized carbons (Fsp3) is 0.214. The van der Waals surface area contributed by atoms with Gasteiger partial charge in [0.2, 0.25) is 5.95 Å². The van der Waals surface area contributed by atoms with Crippen LogP contribution in [0.15, 0.2) is 73.2 Å². The molecule has 192 valence electrons. The van der Waals surface area contributed by atoms with Gasteiger partial charge >= 0.3 is 0 Å². The van der Waals surface area contributed by atoms with Crippen LogP contribution in [0.25, 0.3) is 16.9 Å². The number of aromatic nitrogens is 5. The van der Waals surface area contributed by atoms with E-state index in [0.29, 0.717) is 28.4 Å². The summed E-state index contributed by atoms with van der Waals surface area (Å²) in [6.45, 7) is 6.32. The number of para-hydroxylation sites is 3. The minimum Gasteiger partial charge on any atom is -0.379 e. The van der Waals surface area contributed by atoms with Crippen LogP contribution >= 0.6 is 11.6 Å². The number of aryl methyl sites for hydroxylation is 1. The highest BCUT2D eigenvalue weighted by Gasteiger charge is 2.16. The number of anilines is 4. The number of hydrogen-bond donors (Lipinski definition) is 2. The zero-order valence-electron chi connectivity index (χ0n) is 20.9. The lowest BCUT2D eigenvalue weighted by atomic mass is 10.2. The monoisotopic (exact) mass is 526 g/mol. The summed E-state index contributed by atoms with van der Waals surface area (Å²) in [7, 11) is 0. The van der Waals surface area contributed by atoms with Gasteiger partial charge in [0.1, 0.15) is 23.8 Å². The Morgan fingerprint density at radius 2 is 1.79 bits per heavy atom. The average Bonchev–Trinajstić information content (AvgIpc) is 3.31. The lowest BCUT2D eigenvalue weighted by Gasteiger charge is -2.26. The van der Waals surface area contributed by atoms with Crippen LogP contribution in [-0.4, -0.2) is 55.7 Å². The predicted molar refractivity (Wildman–Crippen MR) is 150 cm³/mol. The number of benzene rings is 2. The van der Waals surface area contributed by atoms with Crippen molar-refractivity contribution < 1.29 is 4.74 Å². The lowest BCUT2D eigenvalue weighted by Crippen LogP contribution is -2.35. The van der Waals surface area contributed by atoms with Crippen molar-refractivity contribution in [2.75, 3.05) is 36.9 Å². The Kier molecular flexibility index (Phi) is 6.87. The first-order valence-corrected chi connectivity index (χ1v) is 12.9. The topological polar surface area (TPSA) is 93.0 Å². The number of fused-ring (bicyclic) bond motifs is 1. The van der Waals surface area contributed by atoms with E-state index in [-0.39, 0.29) is 0 Å². The first kappa shape index (κ1) is 24.3. The standard InChI is InChI=1S/C28H27ClN8O/c1-19-5-4-6-21(29)27(19)35-28-33-22-7-2-3-8-23(22)37(28)26-15-25(31-18-32-26)34-24-10-9-20(16-30-24)17-36-11-13-38-14-12-36/h2-10,15-16,18H,11-14,17H2,1H3,(H,33,35)(H,30,31,32,34). The molecule has 2 aromatic carbocycles. The third-order valence-corrected chi connectivity index (χ3v) is 6.81. The van der Waals surface area contributed by atoms with Gasteiger partial charge in [-0.05, 0) is 42.3 Å². The van der Waals surface area contributed by atoms with Crippen molar-refractivity contribution in [3.63, 3.8) is 0 Å². The van der Waals surface area contributed by atoms with Crippen molar-refractivity contribution in [1.82, 2.24) is 29.4 Å². The highest BCUT2D eigenvalue weighted by Crippen LogP contribution is 2.32. The van der Waals surface area contributed by atoms with Gasteiger partial charge in [-0.1, -0.05) is 41.9 Å². The molecule has 1 fully saturated rings. The molecule has 10 heteroatoms. The first-order chi connectivity index (χ1) is 18.6. The maximum Gasteiger partial charge on any atom is 0.214 e. The van der Waals surface area contributed by atoms with Gasteiger partial charge < -0.3 is 15.4 Å². The molecule has 3 aromatic heterocycles. The number of hydrogen-bond acceptors (Lipinski definition) is 8. The molecule has 2 N–H and O–H groups in total. The Labute approximate surface area is 225 Å². The Balaban J connectivity index is 1.28. The maximum absolute atomic E-state index is 6.51. The van der Waals surface area contributed by atoms with E-state index in [0.717, 1.165) is 60.7 Å². The van der Waals surface area contributed by atoms with E-state index in [9.17, 15) is 0 Å². The molecule has 0 amide bonds. The second-order valence-electron chi connectivity index (χ2n) is 9.14. The second-order valence-corrected chi connectivity index (χ2v) is 9.55. The largest absolute Gasteiger partial charge is 0.379 e. The molecule has 0 unspecified atom stereocenters. The van der Waals surface area contributed by atoms with Gasteiger partial charge in [-0.2, -0.15) is 0 Å². The summed E-state index contributed by atoms with van der Waals surface area (Å²) >= 11 is 6.51. The third-order valence-electron chi connectivity index (χ3n) is 6.49. The van der Waals surface area contributed by atoms with E-state index in [4.69, 9.17) is 21.3 Å². The summed E-state index contributed by atoms with van der Waals surface area (Å²) < 4.78 is 7.40. The summed E-state index contributed by atoms with van der Waals surface area (Å²) in [5.41, 5.74) is 4.74. The molecule has 0 saturated carbocycles. The summed E-state index contributed by atoms with van der Waals surface area (Å²) in [6.07, 6.45) is 3.43. The third kappa shape index (κ3) is 5.17. The number of morpholine rings is 1. The van der Waals surface area contributed by atoms with Crippen LogP contribution in [0, 0.1) is 6.92 Å². The molecule has 0 spiro atoms. The highest BCUT2D eigenvalue weighted by molar-refractivity contribution is 6.33. The van der Waals surface area contributed by atoms with Gasteiger partial charge in [-0.15, -0.1) is 0 Å². The minimum absolute atomic E-state index is 0.609. The quantitative estimate of drug-likeness (QED) is 0.287. The molecule has 5 aromatic rings. The van der Waals surface area contributed by atoms with Crippen LogP contribution in [0.2, 0.25) is 5.02 Å². The van der Waals surface area contributed by atoms with E-state index in [1.807, 2.05) is 72.3 Å². The fourth-order valence-corrected chi connectivity index (χ4v) is 4.79. The van der Waals surface area contributed by atoms with E-state index >= 15 is 0 Å². The zero-order valence-corrected chi connectivity index (χ0v) is 21.7. The van der Waals surface area contributed by atoms with Crippen LogP contribution in [0.5, 0.6) is 0 Å². The number of pyridine rings is 1. The smallest absolute Gasteiger partial charge is 0.214 e. The molecule has 1 saturated heterocycles. The van der Waals surface area contributed by atoms with Gasteiger partial charge in [0.25, 0.3) is 0 Å². The molecular formula is C28H27ClN8O. The minimum atomic E-state index is 0.609. The summed E-state index contributed by atoms with van der Waals surface area (Å²) in [4.78, 5) is 20.8. The van der Waals surface area contributed by atoms with Gasteiger partial charge in [-0.3, -0.25) is 9.47 Å². The predicted octanol–water partition coefficient (Wildman–Crippen LogP) is 5.49. The first-order valence-electron chi connectivity index (χ1n) is 12.5. The second kappa shape index (κ2) is 10.7. The van der Waals surface area contributed by atoms with Gasteiger partial charge in [0, 0.05) is 31.9 Å². The molecular weight excluding hydrogens is 500 g/mol. The fourth-order valence-electron chi connectivity index (χ4n) is 4.52. The highest BCUT2D eigenvalue weighted by atomic mass is 35.5. The number of imidazole rings is 1. The number of nitrogens with one attached hydrogen (secondary N) is 2. The lowest BCUT2D eigenvalue weighted by molar-refractivity contribution is 0.0341. The van der Waals surface area contributed by atoms with Crippen LogP contribution in [0.4, 0.5) is 23.3 Å². The zero-order chi connectivity index (χ0) is 25.9. The average molecular weight is 527 g/mol. The molecule has 38 heavy (non-hydrogen) atoms. The van der Waals surface area contributed by atoms with Crippen molar-refractivity contribution in [1.29, 1.82) is 0 Å². The van der Waals surface area contributed by atoms with E-state index in [1.165, 1.54) is 6.33 Å². The number of ether oxygens (including phenoxy) is 1. The molecule has 6 rings (SSSR count). The van der Waals surface area contributed by atoms with Crippen molar-refractivity contribution in [2.45, 2.75) is 13.5 Å². The maximum atomic E-state index is 6.51. The normalized spacial score (nSPS) is 14.1. The summed E-state index contributed by atoms with van der Waals surface area (Å²) in [6, 6.07) is 19.7. The Morgan fingerprint density at radius 1 is 0.921 bits per heavy atom. The van der Waals surface area contributed by atoms with E-state index < -0.39 is 0 Å². The summed E-state index contributed by atoms with van der Waals surface area (Å²) in [5, 5.41) is 7.34. The molecule has 0 atom stereocenters. The molecule has 4 heterocycles.